The quantitative estimate of drug-likeness (QED) is 0.604. The monoisotopic (exact) mass is 260 g/mol. The number of rotatable bonds is 7. The van der Waals surface area contributed by atoms with Gasteiger partial charge in [0.2, 0.25) is 5.91 Å². The van der Waals surface area contributed by atoms with Crippen LogP contribution in [0.15, 0.2) is 36.9 Å². The molecule has 0 saturated heterocycles. The number of nitrogens with two attached hydrogens (primary N) is 1. The Balaban J connectivity index is 1.78. The second-order valence-corrected chi connectivity index (χ2v) is 4.74. The standard InChI is InChI=1S/C15H20N2O2/c1-2-9-17(13-6-7-13)15(18)8-10-19-14-5-3-4-12(16)11-14/h2-5,11,13H,1,6-10,16H2. The molecule has 2 rings (SSSR count). The SMILES string of the molecule is C=CCN(C(=O)CCOc1cccc(N)c1)C1CC1. The highest BCUT2D eigenvalue weighted by atomic mass is 16.5. The molecule has 102 valence electrons. The van der Waals surface area contributed by atoms with Crippen LogP contribution in [-0.4, -0.2) is 30.0 Å². The van der Waals surface area contributed by atoms with Crippen molar-refractivity contribution >= 4 is 11.6 Å². The summed E-state index contributed by atoms with van der Waals surface area (Å²) in [4.78, 5) is 13.9. The molecular formula is C15H20N2O2. The molecule has 1 aliphatic rings. The molecule has 0 aromatic heterocycles. The number of ether oxygens (including phenoxy) is 1. The van der Waals surface area contributed by atoms with Crippen molar-refractivity contribution in [3.8, 4) is 5.75 Å². The van der Waals surface area contributed by atoms with Crippen molar-refractivity contribution in [2.75, 3.05) is 18.9 Å². The first-order valence-corrected chi connectivity index (χ1v) is 6.59. The lowest BCUT2D eigenvalue weighted by atomic mass is 10.3. The molecule has 19 heavy (non-hydrogen) atoms. The normalized spacial score (nSPS) is 13.9. The summed E-state index contributed by atoms with van der Waals surface area (Å²) in [5, 5.41) is 0. The van der Waals surface area contributed by atoms with E-state index in [0.717, 1.165) is 12.8 Å². The third-order valence-corrected chi connectivity index (χ3v) is 3.08. The summed E-state index contributed by atoms with van der Waals surface area (Å²) >= 11 is 0. The van der Waals surface area contributed by atoms with E-state index in [-0.39, 0.29) is 5.91 Å². The summed E-state index contributed by atoms with van der Waals surface area (Å²) in [5.41, 5.74) is 6.32. The van der Waals surface area contributed by atoms with Gasteiger partial charge >= 0.3 is 0 Å². The van der Waals surface area contributed by atoms with Crippen LogP contribution in [0.5, 0.6) is 5.75 Å². The van der Waals surface area contributed by atoms with E-state index in [1.165, 1.54) is 0 Å². The van der Waals surface area contributed by atoms with Gasteiger partial charge in [0, 0.05) is 24.3 Å². The van der Waals surface area contributed by atoms with Crippen LogP contribution in [0.4, 0.5) is 5.69 Å². The number of hydrogen-bond acceptors (Lipinski definition) is 3. The second kappa shape index (κ2) is 6.27. The molecule has 0 bridgehead atoms. The highest BCUT2D eigenvalue weighted by molar-refractivity contribution is 5.77. The third-order valence-electron chi connectivity index (χ3n) is 3.08. The number of amides is 1. The zero-order chi connectivity index (χ0) is 13.7. The van der Waals surface area contributed by atoms with Crippen LogP contribution in [0.25, 0.3) is 0 Å². The number of benzene rings is 1. The average molecular weight is 260 g/mol. The number of carbonyl (C=O) groups is 1. The van der Waals surface area contributed by atoms with Crippen LogP contribution in [0.2, 0.25) is 0 Å². The van der Waals surface area contributed by atoms with Gasteiger partial charge in [-0.2, -0.15) is 0 Å². The van der Waals surface area contributed by atoms with Gasteiger partial charge in [0.15, 0.2) is 0 Å². The Bertz CT molecular complexity index is 455. The molecule has 1 aliphatic carbocycles. The van der Waals surface area contributed by atoms with Gasteiger partial charge in [-0.1, -0.05) is 12.1 Å². The first kappa shape index (κ1) is 13.5. The lowest BCUT2D eigenvalue weighted by molar-refractivity contribution is -0.131. The highest BCUT2D eigenvalue weighted by Gasteiger charge is 2.31. The summed E-state index contributed by atoms with van der Waals surface area (Å²) < 4.78 is 5.53. The van der Waals surface area contributed by atoms with Gasteiger partial charge in [-0.05, 0) is 25.0 Å². The van der Waals surface area contributed by atoms with Crippen LogP contribution in [0.3, 0.4) is 0 Å². The Kier molecular flexibility index (Phi) is 4.44. The Hall–Kier alpha value is -1.97. The van der Waals surface area contributed by atoms with Crippen molar-refractivity contribution in [2.24, 2.45) is 0 Å². The van der Waals surface area contributed by atoms with Crippen LogP contribution in [0.1, 0.15) is 19.3 Å². The van der Waals surface area contributed by atoms with E-state index >= 15 is 0 Å². The second-order valence-electron chi connectivity index (χ2n) is 4.74. The minimum Gasteiger partial charge on any atom is -0.493 e. The molecule has 0 atom stereocenters. The predicted octanol–water partition coefficient (Wildman–Crippen LogP) is 2.21. The first-order valence-electron chi connectivity index (χ1n) is 6.59. The summed E-state index contributed by atoms with van der Waals surface area (Å²) in [6, 6.07) is 7.64. The van der Waals surface area contributed by atoms with Gasteiger partial charge in [-0.15, -0.1) is 6.58 Å². The maximum atomic E-state index is 12.0. The molecule has 0 unspecified atom stereocenters. The molecule has 1 saturated carbocycles. The number of hydrogen-bond donors (Lipinski definition) is 1. The maximum Gasteiger partial charge on any atom is 0.226 e. The fourth-order valence-electron chi connectivity index (χ4n) is 1.98. The molecule has 1 aromatic rings. The molecule has 1 aromatic carbocycles. The van der Waals surface area contributed by atoms with Gasteiger partial charge in [0.1, 0.15) is 5.75 Å². The molecule has 4 nitrogen and oxygen atoms in total. The fourth-order valence-corrected chi connectivity index (χ4v) is 1.98. The van der Waals surface area contributed by atoms with Crippen LogP contribution >= 0.6 is 0 Å². The smallest absolute Gasteiger partial charge is 0.226 e. The van der Waals surface area contributed by atoms with Gasteiger partial charge < -0.3 is 15.4 Å². The lowest BCUT2D eigenvalue weighted by Crippen LogP contribution is -2.34. The van der Waals surface area contributed by atoms with Crippen molar-refractivity contribution in [3.05, 3.63) is 36.9 Å². The van der Waals surface area contributed by atoms with Gasteiger partial charge in [0.25, 0.3) is 0 Å². The molecule has 0 aliphatic heterocycles. The van der Waals surface area contributed by atoms with E-state index in [4.69, 9.17) is 10.5 Å². The Labute approximate surface area is 113 Å². The Morgan fingerprint density at radius 2 is 2.32 bits per heavy atom. The van der Waals surface area contributed by atoms with Gasteiger partial charge in [0.05, 0.1) is 13.0 Å². The number of carbonyl (C=O) groups excluding carboxylic acids is 1. The number of anilines is 1. The van der Waals surface area contributed by atoms with E-state index in [1.54, 1.807) is 18.2 Å². The van der Waals surface area contributed by atoms with Crippen molar-refractivity contribution < 1.29 is 9.53 Å². The molecule has 2 N–H and O–H groups in total. The van der Waals surface area contributed by atoms with E-state index in [1.807, 2.05) is 17.0 Å². The molecule has 0 radical (unpaired) electrons. The molecule has 1 amide bonds. The minimum atomic E-state index is 0.131. The summed E-state index contributed by atoms with van der Waals surface area (Å²) in [5.74, 6) is 0.834. The predicted molar refractivity (Wildman–Crippen MR) is 75.9 cm³/mol. The fraction of sp³-hybridized carbons (Fsp3) is 0.400. The molecule has 4 heteroatoms. The van der Waals surface area contributed by atoms with Crippen LogP contribution in [-0.2, 0) is 4.79 Å². The minimum absolute atomic E-state index is 0.131. The molecule has 0 spiro atoms. The molecular weight excluding hydrogens is 240 g/mol. The summed E-state index contributed by atoms with van der Waals surface area (Å²) in [7, 11) is 0. The van der Waals surface area contributed by atoms with Gasteiger partial charge in [-0.25, -0.2) is 0 Å². The summed E-state index contributed by atoms with van der Waals surface area (Å²) in [6.45, 7) is 4.70. The van der Waals surface area contributed by atoms with Crippen molar-refractivity contribution in [1.82, 2.24) is 4.90 Å². The zero-order valence-electron chi connectivity index (χ0n) is 11.0. The van der Waals surface area contributed by atoms with E-state index in [9.17, 15) is 4.79 Å². The number of nitrogens with zero attached hydrogens (tertiary/aromatic N) is 1. The van der Waals surface area contributed by atoms with E-state index in [2.05, 4.69) is 6.58 Å². The van der Waals surface area contributed by atoms with E-state index < -0.39 is 0 Å². The molecule has 0 heterocycles. The van der Waals surface area contributed by atoms with E-state index in [0.29, 0.717) is 37.1 Å². The van der Waals surface area contributed by atoms with Crippen molar-refractivity contribution in [2.45, 2.75) is 25.3 Å². The van der Waals surface area contributed by atoms with Gasteiger partial charge in [-0.3, -0.25) is 4.79 Å². The zero-order valence-corrected chi connectivity index (χ0v) is 11.0. The number of nitrogen functional groups attached to an aromatic ring is 1. The summed E-state index contributed by atoms with van der Waals surface area (Å²) in [6.07, 6.45) is 4.37. The Morgan fingerprint density at radius 3 is 2.95 bits per heavy atom. The first-order chi connectivity index (χ1) is 9.20. The topological polar surface area (TPSA) is 55.6 Å². The Morgan fingerprint density at radius 1 is 1.53 bits per heavy atom. The van der Waals surface area contributed by atoms with Crippen molar-refractivity contribution in [1.29, 1.82) is 0 Å². The van der Waals surface area contributed by atoms with Crippen LogP contribution in [0, 0.1) is 0 Å². The molecule has 1 fully saturated rings. The lowest BCUT2D eigenvalue weighted by Gasteiger charge is -2.20. The maximum absolute atomic E-state index is 12.0. The average Bonchev–Trinajstić information content (AvgIpc) is 3.20. The largest absolute Gasteiger partial charge is 0.493 e. The highest BCUT2D eigenvalue weighted by Crippen LogP contribution is 2.27. The third kappa shape index (κ3) is 4.02. The van der Waals surface area contributed by atoms with Crippen molar-refractivity contribution in [3.63, 3.8) is 0 Å². The van der Waals surface area contributed by atoms with Crippen LogP contribution < -0.4 is 10.5 Å².